The Morgan fingerprint density at radius 1 is 1.00 bits per heavy atom. The Morgan fingerprint density at radius 2 is 1.73 bits per heavy atom. The highest BCUT2D eigenvalue weighted by Gasteiger charge is 2.56. The van der Waals surface area contributed by atoms with Gasteiger partial charge in [-0.15, -0.1) is 0 Å². The molecule has 1 aromatic carbocycles. The highest BCUT2D eigenvalue weighted by atomic mass is 16.5. The van der Waals surface area contributed by atoms with Gasteiger partial charge in [-0.3, -0.25) is 4.79 Å². The fourth-order valence-electron chi connectivity index (χ4n) is 6.45. The number of benzene rings is 1. The van der Waals surface area contributed by atoms with Crippen molar-refractivity contribution in [3.05, 3.63) is 29.8 Å². The van der Waals surface area contributed by atoms with E-state index < -0.39 is 0 Å². The number of anilines is 1. The van der Waals surface area contributed by atoms with Crippen LogP contribution in [0.25, 0.3) is 0 Å². The minimum atomic E-state index is -0.193. The molecule has 5 atom stereocenters. The topological polar surface area (TPSA) is 61.9 Å². The lowest BCUT2D eigenvalue weighted by atomic mass is 9.69. The van der Waals surface area contributed by atoms with Gasteiger partial charge in [0.15, 0.2) is 0 Å². The van der Waals surface area contributed by atoms with Gasteiger partial charge in [-0.25, -0.2) is 9.69 Å². The second kappa shape index (κ2) is 7.97. The van der Waals surface area contributed by atoms with E-state index in [4.69, 9.17) is 4.74 Å². The number of aryl methyl sites for hydroxylation is 1. The number of imide groups is 1. The van der Waals surface area contributed by atoms with Crippen LogP contribution in [0.1, 0.15) is 50.5 Å². The third-order valence-electron chi connectivity index (χ3n) is 7.90. The lowest BCUT2D eigenvalue weighted by Gasteiger charge is -2.56. The van der Waals surface area contributed by atoms with Crippen LogP contribution >= 0.6 is 0 Å². The van der Waals surface area contributed by atoms with Crippen LogP contribution in [0.5, 0.6) is 0 Å². The minimum Gasteiger partial charge on any atom is -0.380 e. The van der Waals surface area contributed by atoms with E-state index >= 15 is 0 Å². The summed E-state index contributed by atoms with van der Waals surface area (Å²) < 4.78 is 5.80. The minimum absolute atomic E-state index is 0.0148. The molecule has 4 fully saturated rings. The van der Waals surface area contributed by atoms with Crippen molar-refractivity contribution in [2.24, 2.45) is 11.8 Å². The first-order valence-electron chi connectivity index (χ1n) is 11.6. The van der Waals surface area contributed by atoms with Crippen molar-refractivity contribution in [3.8, 4) is 0 Å². The van der Waals surface area contributed by atoms with E-state index in [0.29, 0.717) is 12.2 Å². The summed E-state index contributed by atoms with van der Waals surface area (Å²) in [5, 5.41) is 3.65. The van der Waals surface area contributed by atoms with Crippen molar-refractivity contribution in [2.45, 2.75) is 76.1 Å². The van der Waals surface area contributed by atoms with Gasteiger partial charge in [-0.1, -0.05) is 37.0 Å². The van der Waals surface area contributed by atoms with Crippen molar-refractivity contribution < 1.29 is 14.3 Å². The molecule has 2 saturated carbocycles. The number of fused-ring (bicyclic) bond motifs is 3. The second-order valence-corrected chi connectivity index (χ2v) is 9.54. The molecule has 0 spiro atoms. The van der Waals surface area contributed by atoms with Crippen LogP contribution in [-0.2, 0) is 9.53 Å². The number of hydrogen-bond acceptors (Lipinski definition) is 4. The zero-order chi connectivity index (χ0) is 20.8. The number of carbonyl (C=O) groups excluding carboxylic acids is 2. The molecule has 1 aromatic rings. The van der Waals surface area contributed by atoms with Gasteiger partial charge in [-0.2, -0.15) is 0 Å². The molecule has 5 rings (SSSR count). The average Bonchev–Trinajstić information content (AvgIpc) is 3.29. The summed E-state index contributed by atoms with van der Waals surface area (Å²) in [6.07, 6.45) is 7.76. The number of hydrogen-bond donors (Lipinski definition) is 1. The predicted octanol–water partition coefficient (Wildman–Crippen LogP) is 3.48. The Hall–Kier alpha value is -1.92. The van der Waals surface area contributed by atoms with Crippen LogP contribution in [0.4, 0.5) is 10.5 Å². The number of carbonyl (C=O) groups is 2. The smallest absolute Gasteiger partial charge is 0.331 e. The summed E-state index contributed by atoms with van der Waals surface area (Å²) in [5.41, 5.74) is 1.81. The average molecular weight is 412 g/mol. The molecular formula is C24H33N3O3. The van der Waals surface area contributed by atoms with E-state index in [9.17, 15) is 9.59 Å². The highest BCUT2D eigenvalue weighted by Crippen LogP contribution is 2.43. The van der Waals surface area contributed by atoms with Crippen LogP contribution in [0.15, 0.2) is 24.3 Å². The fourth-order valence-corrected chi connectivity index (χ4v) is 6.45. The molecule has 0 radical (unpaired) electrons. The van der Waals surface area contributed by atoms with Gasteiger partial charge in [0.1, 0.15) is 0 Å². The maximum Gasteiger partial charge on any atom is 0.331 e. The molecule has 0 aromatic heterocycles. The largest absolute Gasteiger partial charge is 0.380 e. The highest BCUT2D eigenvalue weighted by molar-refractivity contribution is 6.17. The molecule has 4 aliphatic rings. The number of urea groups is 1. The summed E-state index contributed by atoms with van der Waals surface area (Å²) in [6.45, 7) is 2.63. The van der Waals surface area contributed by atoms with E-state index in [1.54, 1.807) is 7.11 Å². The summed E-state index contributed by atoms with van der Waals surface area (Å²) in [6, 6.07) is 8.09. The Morgan fingerprint density at radius 3 is 2.43 bits per heavy atom. The number of ether oxygens (including phenoxy) is 1. The van der Waals surface area contributed by atoms with Gasteiger partial charge in [0, 0.05) is 25.7 Å². The van der Waals surface area contributed by atoms with E-state index in [-0.39, 0.29) is 48.0 Å². The van der Waals surface area contributed by atoms with Crippen LogP contribution in [0.2, 0.25) is 0 Å². The van der Waals surface area contributed by atoms with Gasteiger partial charge < -0.3 is 15.0 Å². The molecule has 2 aliphatic carbocycles. The quantitative estimate of drug-likeness (QED) is 0.827. The second-order valence-electron chi connectivity index (χ2n) is 9.54. The molecule has 3 amide bonds. The van der Waals surface area contributed by atoms with Crippen LogP contribution in [-0.4, -0.2) is 54.7 Å². The molecule has 2 aliphatic heterocycles. The predicted molar refractivity (Wildman–Crippen MR) is 115 cm³/mol. The third-order valence-corrected chi connectivity index (χ3v) is 7.90. The van der Waals surface area contributed by atoms with Crippen LogP contribution < -0.4 is 10.2 Å². The van der Waals surface area contributed by atoms with E-state index in [1.807, 2.05) is 31.2 Å². The molecule has 30 heavy (non-hydrogen) atoms. The molecule has 2 heterocycles. The van der Waals surface area contributed by atoms with Crippen LogP contribution in [0.3, 0.4) is 0 Å². The van der Waals surface area contributed by atoms with Crippen molar-refractivity contribution in [1.29, 1.82) is 0 Å². The van der Waals surface area contributed by atoms with Gasteiger partial charge in [0.2, 0.25) is 5.91 Å². The lowest BCUT2D eigenvalue weighted by Crippen LogP contribution is -2.73. The first kappa shape index (κ1) is 20.0. The molecule has 5 unspecified atom stereocenters. The zero-order valence-electron chi connectivity index (χ0n) is 18.0. The molecule has 6 heteroatoms. The number of nitrogens with one attached hydrogen (secondary N) is 1. The van der Waals surface area contributed by atoms with Gasteiger partial charge in [0.05, 0.1) is 23.8 Å². The number of methoxy groups -OCH3 is 1. The molecule has 0 bridgehead atoms. The normalized spacial score (nSPS) is 34.8. The van der Waals surface area contributed by atoms with Crippen molar-refractivity contribution >= 4 is 17.6 Å². The monoisotopic (exact) mass is 411 g/mol. The first-order chi connectivity index (χ1) is 14.6. The first-order valence-corrected chi connectivity index (χ1v) is 11.6. The standard InChI is InChI=1S/C24H33N3O3/c1-15-10-12-17(13-11-15)27-23(28)19-14-25-21-18(8-5-9-20(21)30-2)22(19)26(24(27)29)16-6-3-4-7-16/h10-13,16,18-22,25H,3-9,14H2,1-2H3. The summed E-state index contributed by atoms with van der Waals surface area (Å²) in [7, 11) is 1.78. The SMILES string of the molecule is COC1CCCC2C1NCC1C(=O)N(c3ccc(C)cc3)C(=O)N(C3CCCC3)C12. The zero-order valence-corrected chi connectivity index (χ0v) is 18.0. The van der Waals surface area contributed by atoms with E-state index in [2.05, 4.69) is 10.2 Å². The van der Waals surface area contributed by atoms with Crippen LogP contribution in [0, 0.1) is 18.8 Å². The molecular weight excluding hydrogens is 378 g/mol. The van der Waals surface area contributed by atoms with Crippen molar-refractivity contribution in [1.82, 2.24) is 10.2 Å². The Kier molecular flexibility index (Phi) is 5.31. The number of piperidine rings is 1. The van der Waals surface area contributed by atoms with Gasteiger partial charge >= 0.3 is 6.03 Å². The van der Waals surface area contributed by atoms with Crippen molar-refractivity contribution in [3.63, 3.8) is 0 Å². The Balaban J connectivity index is 1.54. The molecule has 2 saturated heterocycles. The molecule has 162 valence electrons. The molecule has 1 N–H and O–H groups in total. The number of nitrogens with zero attached hydrogens (tertiary/aromatic N) is 2. The van der Waals surface area contributed by atoms with Crippen molar-refractivity contribution in [2.75, 3.05) is 18.6 Å². The van der Waals surface area contributed by atoms with Gasteiger partial charge in [-0.05, 0) is 50.7 Å². The van der Waals surface area contributed by atoms with Gasteiger partial charge in [0.25, 0.3) is 0 Å². The summed E-state index contributed by atoms with van der Waals surface area (Å²) in [4.78, 5) is 31.1. The maximum atomic E-state index is 13.9. The van der Waals surface area contributed by atoms with E-state index in [1.165, 1.54) is 4.90 Å². The lowest BCUT2D eigenvalue weighted by molar-refractivity contribution is -0.131. The maximum absolute atomic E-state index is 13.9. The fraction of sp³-hybridized carbons (Fsp3) is 0.667. The summed E-state index contributed by atoms with van der Waals surface area (Å²) >= 11 is 0. The number of rotatable bonds is 3. The van der Waals surface area contributed by atoms with E-state index in [0.717, 1.165) is 50.5 Å². The summed E-state index contributed by atoms with van der Waals surface area (Å²) in [5.74, 6) is 0.0335. The molecule has 6 nitrogen and oxygen atoms in total. The third kappa shape index (κ3) is 3.16. The Bertz CT molecular complexity index is 804. The number of amides is 3. The Labute approximate surface area is 178 Å².